The van der Waals surface area contributed by atoms with Gasteiger partial charge in [0, 0.05) is 25.7 Å². The maximum atomic E-state index is 9.48. The summed E-state index contributed by atoms with van der Waals surface area (Å²) >= 11 is 0. The van der Waals surface area contributed by atoms with E-state index in [4.69, 9.17) is 14.6 Å². The van der Waals surface area contributed by atoms with Crippen LogP contribution in [-0.2, 0) is 25.5 Å². The van der Waals surface area contributed by atoms with E-state index in [1.165, 1.54) is 71.1 Å². The first kappa shape index (κ1) is 54.7. The Balaban J connectivity index is -0.000000793. The number of rotatable bonds is 18. The van der Waals surface area contributed by atoms with Crippen LogP contribution in [0.15, 0.2) is 95.1 Å². The van der Waals surface area contributed by atoms with Crippen LogP contribution in [0.25, 0.3) is 17.2 Å². The number of aliphatic hydroxyl groups is 1. The molecule has 0 amide bonds. The standard InChI is InChI=1S/C25H34O2.C13H24.C4H6O2.C4H6O.C3H8/c1-6-20(7-2)16-24-12-13-25(14-19(24)3)23-10-8-21(9-11-23)15-22(17-26-4)18-27-5;1-6-11(5)10-13(9-4)12(7-2)8-3;1-4(2-5)3-6;1-4(2)3-5;1-3-2/h8-14,16,22H,6-7,15,17-18H2,1-5H3;10H,6-9H2,1-5H3;2,6H,1,3H2;3H,1H2,2H3;3H2,1-2H3/b;11-10+;;;. The summed E-state index contributed by atoms with van der Waals surface area (Å²) in [6, 6.07) is 15.7. The van der Waals surface area contributed by atoms with E-state index >= 15 is 0 Å². The molecular formula is C49H78O5. The fourth-order valence-electron chi connectivity index (χ4n) is 5.09. The molecule has 0 radical (unpaired) electrons. The SMILES string of the molecule is C=C(C)C=O.C=C(C=O)CO.CCC.CCC(/C=C(\C)CC)=C(CC)CC.CCC(=Cc1ccc(-c2ccc(CC(COC)COC)cc2)cc1C)CC. The van der Waals surface area contributed by atoms with Gasteiger partial charge in [-0.05, 0) is 105 Å². The highest BCUT2D eigenvalue weighted by Gasteiger charge is 2.10. The summed E-state index contributed by atoms with van der Waals surface area (Å²) in [5.41, 5.74) is 13.5. The summed E-state index contributed by atoms with van der Waals surface area (Å²) in [7, 11) is 3.49. The second kappa shape index (κ2) is 36.3. The van der Waals surface area contributed by atoms with Gasteiger partial charge in [0.15, 0.2) is 0 Å². The highest BCUT2D eigenvalue weighted by atomic mass is 16.5. The Morgan fingerprint density at radius 1 is 0.741 bits per heavy atom. The molecule has 2 aromatic carbocycles. The molecule has 0 spiro atoms. The molecule has 5 nitrogen and oxygen atoms in total. The van der Waals surface area contributed by atoms with Crippen LogP contribution in [0.2, 0.25) is 0 Å². The third kappa shape index (κ3) is 27.0. The van der Waals surface area contributed by atoms with Gasteiger partial charge < -0.3 is 14.6 Å². The molecule has 54 heavy (non-hydrogen) atoms. The van der Waals surface area contributed by atoms with Gasteiger partial charge in [0.1, 0.15) is 12.6 Å². The maximum Gasteiger partial charge on any atom is 0.147 e. The molecule has 0 saturated carbocycles. The largest absolute Gasteiger partial charge is 0.392 e. The van der Waals surface area contributed by atoms with Crippen molar-refractivity contribution in [3.8, 4) is 11.1 Å². The van der Waals surface area contributed by atoms with Crippen LogP contribution < -0.4 is 0 Å². The lowest BCUT2D eigenvalue weighted by Gasteiger charge is -2.15. The van der Waals surface area contributed by atoms with Crippen LogP contribution in [0.5, 0.6) is 0 Å². The summed E-state index contributed by atoms with van der Waals surface area (Å²) in [6.07, 6.45) is 15.2. The van der Waals surface area contributed by atoms with Crippen molar-refractivity contribution in [1.29, 1.82) is 0 Å². The van der Waals surface area contributed by atoms with Crippen molar-refractivity contribution in [1.82, 2.24) is 0 Å². The fourth-order valence-corrected chi connectivity index (χ4v) is 5.09. The van der Waals surface area contributed by atoms with Gasteiger partial charge in [-0.2, -0.15) is 0 Å². The Bertz CT molecular complexity index is 1370. The van der Waals surface area contributed by atoms with Crippen molar-refractivity contribution >= 4 is 18.6 Å². The molecule has 304 valence electrons. The van der Waals surface area contributed by atoms with Crippen LogP contribution in [0.3, 0.4) is 0 Å². The minimum Gasteiger partial charge on any atom is -0.392 e. The smallest absolute Gasteiger partial charge is 0.147 e. The Kier molecular flexibility index (Phi) is 36.8. The zero-order valence-corrected chi connectivity index (χ0v) is 36.7. The topological polar surface area (TPSA) is 72.8 Å². The third-order valence-electron chi connectivity index (χ3n) is 8.39. The lowest BCUT2D eigenvalue weighted by atomic mass is 9.95. The second-order valence-corrected chi connectivity index (χ2v) is 13.4. The number of methoxy groups -OCH3 is 2. The average Bonchev–Trinajstić information content (AvgIpc) is 3.18. The first-order valence-electron chi connectivity index (χ1n) is 19.9. The van der Waals surface area contributed by atoms with E-state index in [9.17, 15) is 9.59 Å². The number of hydrogen-bond acceptors (Lipinski definition) is 5. The van der Waals surface area contributed by atoms with Crippen molar-refractivity contribution in [2.45, 2.75) is 128 Å². The van der Waals surface area contributed by atoms with Gasteiger partial charge in [-0.25, -0.2) is 0 Å². The molecule has 5 heteroatoms. The van der Waals surface area contributed by atoms with Gasteiger partial charge in [0.05, 0.1) is 19.8 Å². The lowest BCUT2D eigenvalue weighted by Crippen LogP contribution is -2.17. The van der Waals surface area contributed by atoms with E-state index in [1.807, 2.05) is 0 Å². The lowest BCUT2D eigenvalue weighted by molar-refractivity contribution is -0.105. The molecular weight excluding hydrogens is 669 g/mol. The quantitative estimate of drug-likeness (QED) is 0.0934. The van der Waals surface area contributed by atoms with Gasteiger partial charge in [0.25, 0.3) is 0 Å². The van der Waals surface area contributed by atoms with Crippen molar-refractivity contribution in [3.63, 3.8) is 0 Å². The second-order valence-electron chi connectivity index (χ2n) is 13.4. The highest BCUT2D eigenvalue weighted by Crippen LogP contribution is 2.25. The Hall–Kier alpha value is -3.64. The molecule has 0 aromatic heterocycles. The van der Waals surface area contributed by atoms with Crippen LogP contribution in [0.4, 0.5) is 0 Å². The summed E-state index contributed by atoms with van der Waals surface area (Å²) < 4.78 is 10.6. The van der Waals surface area contributed by atoms with Gasteiger partial charge >= 0.3 is 0 Å². The number of carbonyl (C=O) groups excluding carboxylic acids is 2. The summed E-state index contributed by atoms with van der Waals surface area (Å²) in [6.45, 7) is 31.5. The Morgan fingerprint density at radius 3 is 1.57 bits per heavy atom. The minimum absolute atomic E-state index is 0.218. The molecule has 2 aromatic rings. The zero-order chi connectivity index (χ0) is 41.9. The fraction of sp³-hybridized carbons (Fsp3) is 0.510. The highest BCUT2D eigenvalue weighted by molar-refractivity contribution is 5.72. The van der Waals surface area contributed by atoms with E-state index in [1.54, 1.807) is 32.3 Å². The van der Waals surface area contributed by atoms with Crippen molar-refractivity contribution in [2.24, 2.45) is 5.92 Å². The molecule has 0 atom stereocenters. The number of benzene rings is 2. The number of hydrogen-bond donors (Lipinski definition) is 1. The molecule has 1 N–H and O–H groups in total. The molecule has 0 aliphatic heterocycles. The van der Waals surface area contributed by atoms with E-state index in [0.29, 0.717) is 17.8 Å². The van der Waals surface area contributed by atoms with E-state index in [-0.39, 0.29) is 12.2 Å². The number of carbonyl (C=O) groups is 2. The third-order valence-corrected chi connectivity index (χ3v) is 8.39. The predicted molar refractivity (Wildman–Crippen MR) is 237 cm³/mol. The molecule has 0 fully saturated rings. The van der Waals surface area contributed by atoms with Crippen LogP contribution in [0, 0.1) is 12.8 Å². The number of aldehydes is 2. The predicted octanol–water partition coefficient (Wildman–Crippen LogP) is 13.1. The minimum atomic E-state index is -0.233. The van der Waals surface area contributed by atoms with E-state index in [0.717, 1.165) is 38.8 Å². The Morgan fingerprint density at radius 2 is 1.24 bits per heavy atom. The van der Waals surface area contributed by atoms with Gasteiger partial charge in [-0.15, -0.1) is 0 Å². The molecule has 0 unspecified atom stereocenters. The number of allylic oxidation sites excluding steroid dienone is 6. The summed E-state index contributed by atoms with van der Waals surface area (Å²) in [5, 5.41) is 8.00. The maximum absolute atomic E-state index is 9.48. The Labute approximate surface area is 332 Å². The molecule has 0 aliphatic carbocycles. The number of aryl methyl sites for hydroxylation is 1. The first-order chi connectivity index (χ1) is 25.8. The van der Waals surface area contributed by atoms with Gasteiger partial charge in [-0.3, -0.25) is 9.59 Å². The van der Waals surface area contributed by atoms with Crippen molar-refractivity contribution in [3.05, 3.63) is 112 Å². The van der Waals surface area contributed by atoms with Crippen molar-refractivity contribution < 1.29 is 24.2 Å². The van der Waals surface area contributed by atoms with Gasteiger partial charge in [0.2, 0.25) is 0 Å². The molecule has 0 aliphatic rings. The van der Waals surface area contributed by atoms with Crippen LogP contribution >= 0.6 is 0 Å². The zero-order valence-electron chi connectivity index (χ0n) is 36.7. The average molecular weight is 747 g/mol. The van der Waals surface area contributed by atoms with E-state index in [2.05, 4.69) is 137 Å². The first-order valence-corrected chi connectivity index (χ1v) is 19.9. The molecule has 2 rings (SSSR count). The molecule has 0 bridgehead atoms. The van der Waals surface area contributed by atoms with Gasteiger partial charge in [-0.1, -0.05) is 146 Å². The van der Waals surface area contributed by atoms with Crippen LogP contribution in [0.1, 0.15) is 131 Å². The van der Waals surface area contributed by atoms with E-state index < -0.39 is 0 Å². The van der Waals surface area contributed by atoms with Crippen LogP contribution in [-0.4, -0.2) is 51.7 Å². The monoisotopic (exact) mass is 747 g/mol. The molecule has 0 saturated heterocycles. The van der Waals surface area contributed by atoms with Crippen molar-refractivity contribution in [2.75, 3.05) is 34.0 Å². The summed E-state index contributed by atoms with van der Waals surface area (Å²) in [5.74, 6) is 0.394. The normalized spacial score (nSPS) is 10.1. The number of aliphatic hydroxyl groups excluding tert-OH is 1. The molecule has 0 heterocycles. The summed E-state index contributed by atoms with van der Waals surface area (Å²) in [4.78, 5) is 18.9. The number of ether oxygens (including phenoxy) is 2.